The molecule has 0 aromatic heterocycles. The Morgan fingerprint density at radius 3 is 1.28 bits per heavy atom. The molecule has 2 fully saturated rings. The highest BCUT2D eigenvalue weighted by molar-refractivity contribution is 5.96. The first-order valence-electron chi connectivity index (χ1n) is 26.1. The van der Waals surface area contributed by atoms with Crippen molar-refractivity contribution in [3.8, 4) is 34.5 Å². The van der Waals surface area contributed by atoms with Crippen LogP contribution in [0.15, 0.2) is 133 Å². The minimum absolute atomic E-state index is 0.0200. The largest absolute Gasteiger partial charge is 0.493 e. The van der Waals surface area contributed by atoms with E-state index in [1.165, 1.54) is 11.1 Å². The van der Waals surface area contributed by atoms with Crippen molar-refractivity contribution in [3.05, 3.63) is 178 Å². The second-order valence-corrected chi connectivity index (χ2v) is 19.6. The highest BCUT2D eigenvalue weighted by Crippen LogP contribution is 2.43. The minimum Gasteiger partial charge on any atom is -0.493 e. The second kappa shape index (κ2) is 25.2. The topological polar surface area (TPSA) is 130 Å². The lowest BCUT2D eigenvalue weighted by Crippen LogP contribution is -2.40. The molecule has 0 spiro atoms. The second-order valence-electron chi connectivity index (χ2n) is 19.6. The number of halogens is 2. The Morgan fingerprint density at radius 1 is 0.513 bits per heavy atom. The molecule has 396 valence electrons. The van der Waals surface area contributed by atoms with E-state index in [1.807, 2.05) is 82.6 Å². The number of hydrogen-bond donors (Lipinski definition) is 0. The molecule has 4 aliphatic rings. The molecule has 0 N–H and O–H groups in total. The van der Waals surface area contributed by atoms with Gasteiger partial charge in [0.2, 0.25) is 0 Å². The summed E-state index contributed by atoms with van der Waals surface area (Å²) in [6, 6.07) is 43.2. The number of carbonyl (C=O) groups is 4. The van der Waals surface area contributed by atoms with E-state index in [1.54, 1.807) is 50.6 Å². The number of hydrogen-bond acceptors (Lipinski definition) is 10. The third-order valence-corrected chi connectivity index (χ3v) is 14.8. The highest BCUT2D eigenvalue weighted by atomic mass is 19.1. The molecule has 4 heterocycles. The summed E-state index contributed by atoms with van der Waals surface area (Å²) in [5, 5.41) is 0. The van der Waals surface area contributed by atoms with Gasteiger partial charge in [-0.2, -0.15) is 0 Å². The average molecular weight is 1040 g/mol. The molecule has 0 unspecified atom stereocenters. The van der Waals surface area contributed by atoms with Gasteiger partial charge in [0.1, 0.15) is 51.3 Å². The van der Waals surface area contributed by atoms with Gasteiger partial charge < -0.3 is 38.2 Å². The van der Waals surface area contributed by atoms with Crippen molar-refractivity contribution in [3.63, 3.8) is 0 Å². The van der Waals surface area contributed by atoms with Crippen molar-refractivity contribution in [1.29, 1.82) is 0 Å². The Bertz CT molecular complexity index is 2770. The van der Waals surface area contributed by atoms with Crippen molar-refractivity contribution in [2.45, 2.75) is 50.4 Å². The molecule has 12 nitrogen and oxygen atoms in total. The fourth-order valence-electron chi connectivity index (χ4n) is 11.2. The normalized spacial score (nSPS) is 16.4. The van der Waals surface area contributed by atoms with E-state index in [-0.39, 0.29) is 61.6 Å². The van der Waals surface area contributed by atoms with E-state index >= 15 is 0 Å². The first-order chi connectivity index (χ1) is 37.1. The zero-order valence-corrected chi connectivity index (χ0v) is 43.1. The van der Waals surface area contributed by atoms with Crippen LogP contribution in [0.3, 0.4) is 0 Å². The molecule has 76 heavy (non-hydrogen) atoms. The summed E-state index contributed by atoms with van der Waals surface area (Å²) in [7, 11) is 3.15. The SMILES string of the molecule is COc1ccc([C@@H](c2ccccc2)C2CCN(C(=O)c3ccc4c(c3)CC(=O)CO4)CC2)cc1OCCF.COc1ccc([C@H](c2ccccc2)C2CCN(C(=O)c3ccc4c(c3)CC(=O)CO4)CC2)cc1OCCF. The van der Waals surface area contributed by atoms with Gasteiger partial charge in [0, 0.05) is 73.1 Å². The van der Waals surface area contributed by atoms with Crippen LogP contribution < -0.4 is 28.4 Å². The summed E-state index contributed by atoms with van der Waals surface area (Å²) in [6.45, 7) is 1.54. The van der Waals surface area contributed by atoms with Gasteiger partial charge in [0.15, 0.2) is 34.6 Å². The monoisotopic (exact) mass is 1030 g/mol. The van der Waals surface area contributed by atoms with E-state index in [4.69, 9.17) is 28.4 Å². The molecule has 2 atom stereocenters. The number of rotatable bonds is 16. The predicted molar refractivity (Wildman–Crippen MR) is 284 cm³/mol. The molecule has 4 aliphatic heterocycles. The molecular weight excluding hydrogens is 971 g/mol. The molecule has 0 aliphatic carbocycles. The quantitative estimate of drug-likeness (QED) is 0.0924. The Hall–Kier alpha value is -7.74. The van der Waals surface area contributed by atoms with Gasteiger partial charge in [0.25, 0.3) is 11.8 Å². The zero-order chi connectivity index (χ0) is 53.0. The lowest BCUT2D eigenvalue weighted by atomic mass is 9.76. The predicted octanol–water partition coefficient (Wildman–Crippen LogP) is 10.5. The Morgan fingerprint density at radius 2 is 0.908 bits per heavy atom. The van der Waals surface area contributed by atoms with Crippen molar-refractivity contribution >= 4 is 23.4 Å². The lowest BCUT2D eigenvalue weighted by molar-refractivity contribution is -0.122. The van der Waals surface area contributed by atoms with Gasteiger partial charge in [-0.15, -0.1) is 0 Å². The summed E-state index contributed by atoms with van der Waals surface area (Å²) < 4.78 is 58.8. The van der Waals surface area contributed by atoms with Crippen LogP contribution in [0.25, 0.3) is 0 Å². The lowest BCUT2D eigenvalue weighted by Gasteiger charge is -2.37. The molecule has 10 rings (SSSR count). The summed E-state index contributed by atoms with van der Waals surface area (Å²) in [4.78, 5) is 54.1. The van der Waals surface area contributed by atoms with Crippen LogP contribution in [0, 0.1) is 11.8 Å². The smallest absolute Gasteiger partial charge is 0.253 e. The van der Waals surface area contributed by atoms with Gasteiger partial charge in [-0.25, -0.2) is 8.78 Å². The molecule has 14 heteroatoms. The molecule has 2 saturated heterocycles. The molecule has 6 aromatic rings. The number of ether oxygens (including phenoxy) is 6. The first kappa shape index (κ1) is 53.1. The maximum absolute atomic E-state index is 13.3. The van der Waals surface area contributed by atoms with E-state index < -0.39 is 13.3 Å². The van der Waals surface area contributed by atoms with Gasteiger partial charge in [-0.1, -0.05) is 72.8 Å². The maximum atomic E-state index is 13.3. The van der Waals surface area contributed by atoms with Gasteiger partial charge in [0.05, 0.1) is 14.2 Å². The number of fused-ring (bicyclic) bond motifs is 2. The van der Waals surface area contributed by atoms with Crippen LogP contribution in [0.1, 0.15) is 91.6 Å². The fourth-order valence-corrected chi connectivity index (χ4v) is 11.2. The standard InChI is InChI=1S/2C31H32FNO5/c2*1-36-28-10-7-23(19-29(28)37-16-13-32)30(21-5-3-2-4-6-21)22-11-14-33(15-12-22)31(35)24-8-9-27-25(17-24)18-26(34)20-38-27/h2*2-10,17,19,22,30H,11-16,18,20H2,1H3/t2*30-/m10/s1. The number of amides is 2. The highest BCUT2D eigenvalue weighted by Gasteiger charge is 2.34. The average Bonchev–Trinajstić information content (AvgIpc) is 3.47. The van der Waals surface area contributed by atoms with Crippen LogP contribution in [0.4, 0.5) is 8.78 Å². The molecule has 2 amide bonds. The molecular formula is C62H64F2N2O10. The van der Waals surface area contributed by atoms with Crippen LogP contribution in [-0.2, 0) is 22.4 Å². The maximum Gasteiger partial charge on any atom is 0.253 e. The van der Waals surface area contributed by atoms with Crippen molar-refractivity contribution in [1.82, 2.24) is 9.80 Å². The molecule has 0 radical (unpaired) electrons. The summed E-state index contributed by atoms with van der Waals surface area (Å²) >= 11 is 0. The number of nitrogens with zero attached hydrogens (tertiary/aromatic N) is 2. The Kier molecular flexibility index (Phi) is 17.6. The Balaban J connectivity index is 0.000000186. The number of piperidine rings is 2. The minimum atomic E-state index is -0.574. The van der Waals surface area contributed by atoms with Gasteiger partial charge >= 0.3 is 0 Å². The van der Waals surface area contributed by atoms with E-state index in [2.05, 4.69) is 24.3 Å². The molecule has 0 bridgehead atoms. The number of likely N-dealkylation sites (tertiary alicyclic amines) is 2. The van der Waals surface area contributed by atoms with Crippen molar-refractivity contribution in [2.75, 3.05) is 80.2 Å². The van der Waals surface area contributed by atoms with Crippen molar-refractivity contribution < 1.29 is 56.4 Å². The molecule has 0 saturated carbocycles. The number of methoxy groups -OCH3 is 2. The first-order valence-corrected chi connectivity index (χ1v) is 26.1. The molecule has 6 aromatic carbocycles. The van der Waals surface area contributed by atoms with E-state index in [9.17, 15) is 28.0 Å². The summed E-state index contributed by atoms with van der Waals surface area (Å²) in [5.74, 6) is 4.38. The third kappa shape index (κ3) is 12.5. The summed E-state index contributed by atoms with van der Waals surface area (Å²) in [6.07, 6.45) is 3.95. The van der Waals surface area contributed by atoms with Crippen LogP contribution in [-0.4, -0.2) is 113 Å². The van der Waals surface area contributed by atoms with Crippen LogP contribution >= 0.6 is 0 Å². The fraction of sp³-hybridized carbons (Fsp3) is 0.355. The number of ketones is 2. The zero-order valence-electron chi connectivity index (χ0n) is 43.1. The Labute approximate surface area is 442 Å². The van der Waals surface area contributed by atoms with E-state index in [0.29, 0.717) is 96.5 Å². The number of benzene rings is 6. The van der Waals surface area contributed by atoms with Crippen LogP contribution in [0.5, 0.6) is 34.5 Å². The number of carbonyl (C=O) groups excluding carboxylic acids is 4. The third-order valence-electron chi connectivity index (χ3n) is 14.8. The van der Waals surface area contributed by atoms with Crippen LogP contribution in [0.2, 0.25) is 0 Å². The van der Waals surface area contributed by atoms with Crippen molar-refractivity contribution in [2.24, 2.45) is 11.8 Å². The number of alkyl halides is 2. The van der Waals surface area contributed by atoms with Gasteiger partial charge in [-0.05, 0) is 120 Å². The van der Waals surface area contributed by atoms with E-state index in [0.717, 1.165) is 47.9 Å². The summed E-state index contributed by atoms with van der Waals surface area (Å²) in [5.41, 5.74) is 7.27. The van der Waals surface area contributed by atoms with Gasteiger partial charge in [-0.3, -0.25) is 19.2 Å². The number of Topliss-reactive ketones (excluding diaryl/α,β-unsaturated/α-hetero) is 2.